The molecule has 1 aliphatic heterocycles. The molecule has 0 unspecified atom stereocenters. The maximum absolute atomic E-state index is 12.9. The van der Waals surface area contributed by atoms with Crippen LogP contribution in [-0.4, -0.2) is 67.3 Å². The standard InChI is InChI=1S/C19H28NO3.C7H8O3S.H2O/c1-20(2)13-12-17(14-20)23-18(21)19(22,16-10-6-7-11-16)15-8-4-3-5-9-15;1-6-2-4-7(5-3-6)11(8,9)10;/h3-5,8-9,16-17,22H,6-7,10-14H2,1-2H3;2-5H,1H3,(H,8,9,10);1H2/q+1;;/p-1/t17-,19+;;/m0../s1. The van der Waals surface area contributed by atoms with Gasteiger partial charge in [0.2, 0.25) is 0 Å². The smallest absolute Gasteiger partial charge is 0.343 e. The van der Waals surface area contributed by atoms with E-state index in [4.69, 9.17) is 4.74 Å². The predicted octanol–water partition coefficient (Wildman–Crippen LogP) is 2.53. The van der Waals surface area contributed by atoms with E-state index in [-0.39, 0.29) is 22.4 Å². The van der Waals surface area contributed by atoms with Crippen molar-refractivity contribution in [1.29, 1.82) is 0 Å². The van der Waals surface area contributed by atoms with Crippen LogP contribution in [0.15, 0.2) is 59.5 Å². The van der Waals surface area contributed by atoms with E-state index in [0.29, 0.717) is 5.56 Å². The van der Waals surface area contributed by atoms with Gasteiger partial charge < -0.3 is 24.4 Å². The summed E-state index contributed by atoms with van der Waals surface area (Å²) in [5.41, 5.74) is 0.0957. The van der Waals surface area contributed by atoms with Gasteiger partial charge in [-0.15, -0.1) is 0 Å². The zero-order chi connectivity index (χ0) is 25.0. The van der Waals surface area contributed by atoms with Crippen molar-refractivity contribution in [1.82, 2.24) is 0 Å². The van der Waals surface area contributed by atoms with Crippen LogP contribution >= 0.6 is 0 Å². The molecule has 9 heteroatoms. The zero-order valence-corrected chi connectivity index (χ0v) is 21.5. The van der Waals surface area contributed by atoms with E-state index in [1.165, 1.54) is 12.1 Å². The van der Waals surface area contributed by atoms with Crippen LogP contribution in [0.1, 0.15) is 43.2 Å². The van der Waals surface area contributed by atoms with E-state index in [2.05, 4.69) is 14.1 Å². The van der Waals surface area contributed by atoms with Crippen LogP contribution in [-0.2, 0) is 25.3 Å². The summed E-state index contributed by atoms with van der Waals surface area (Å²) in [6.07, 6.45) is 4.68. The third kappa shape index (κ3) is 7.35. The maximum Gasteiger partial charge on any atom is 0.343 e. The van der Waals surface area contributed by atoms with Crippen molar-refractivity contribution >= 4 is 16.1 Å². The summed E-state index contributed by atoms with van der Waals surface area (Å²) < 4.78 is 37.8. The molecule has 2 fully saturated rings. The Labute approximate surface area is 208 Å². The van der Waals surface area contributed by atoms with Gasteiger partial charge in [-0.3, -0.25) is 0 Å². The van der Waals surface area contributed by atoms with Crippen LogP contribution in [0.5, 0.6) is 0 Å². The number of hydrogen-bond acceptors (Lipinski definition) is 6. The second-order valence-electron chi connectivity index (χ2n) is 10.0. The molecule has 1 saturated heterocycles. The predicted molar refractivity (Wildman–Crippen MR) is 131 cm³/mol. The Morgan fingerprint density at radius 1 is 1.03 bits per heavy atom. The number of ether oxygens (including phenoxy) is 1. The molecular formula is C26H37NO7S. The summed E-state index contributed by atoms with van der Waals surface area (Å²) in [5.74, 6) is -0.496. The third-order valence-corrected chi connectivity index (χ3v) is 7.66. The van der Waals surface area contributed by atoms with Crippen molar-refractivity contribution in [3.63, 3.8) is 0 Å². The SMILES string of the molecule is C[N+]1(C)CC[C@H](OC(=O)[C@@](O)(c2ccccc2)C2CCCC2)C1.Cc1ccc(S(=O)(=O)[O-])cc1.O. The van der Waals surface area contributed by atoms with Crippen molar-refractivity contribution < 1.29 is 37.6 Å². The van der Waals surface area contributed by atoms with E-state index in [1.807, 2.05) is 37.3 Å². The lowest BCUT2D eigenvalue weighted by Crippen LogP contribution is -2.46. The molecule has 2 aromatic rings. The average molecular weight is 508 g/mol. The molecule has 35 heavy (non-hydrogen) atoms. The van der Waals surface area contributed by atoms with E-state index >= 15 is 0 Å². The summed E-state index contributed by atoms with van der Waals surface area (Å²) in [4.78, 5) is 12.8. The first kappa shape index (κ1) is 28.9. The van der Waals surface area contributed by atoms with E-state index < -0.39 is 21.7 Å². The fourth-order valence-corrected chi connectivity index (χ4v) is 5.30. The number of aliphatic hydroxyl groups is 1. The molecule has 0 amide bonds. The fourth-order valence-electron chi connectivity index (χ4n) is 4.83. The Bertz CT molecular complexity index is 1060. The lowest BCUT2D eigenvalue weighted by molar-refractivity contribution is -0.879. The van der Waals surface area contributed by atoms with Gasteiger partial charge in [0.25, 0.3) is 0 Å². The Kier molecular flexibility index (Phi) is 9.61. The number of quaternary nitrogens is 1. The summed E-state index contributed by atoms with van der Waals surface area (Å²) in [5, 5.41) is 11.4. The van der Waals surface area contributed by atoms with Gasteiger partial charge in [0.1, 0.15) is 16.7 Å². The number of likely N-dealkylation sites (tertiary alicyclic amines) is 1. The molecule has 4 rings (SSSR count). The van der Waals surface area contributed by atoms with Crippen molar-refractivity contribution in [2.24, 2.45) is 5.92 Å². The van der Waals surface area contributed by atoms with Gasteiger partial charge in [-0.25, -0.2) is 13.2 Å². The molecule has 2 aromatic carbocycles. The fraction of sp³-hybridized carbons (Fsp3) is 0.500. The topological polar surface area (TPSA) is 135 Å². The van der Waals surface area contributed by atoms with Crippen molar-refractivity contribution in [2.45, 2.75) is 55.6 Å². The van der Waals surface area contributed by atoms with Crippen LogP contribution in [0.2, 0.25) is 0 Å². The second kappa shape index (κ2) is 11.6. The molecule has 2 atom stereocenters. The zero-order valence-electron chi connectivity index (χ0n) is 20.6. The minimum Gasteiger partial charge on any atom is -0.744 e. The number of benzene rings is 2. The quantitative estimate of drug-likeness (QED) is 0.375. The van der Waals surface area contributed by atoms with Gasteiger partial charge in [0, 0.05) is 12.3 Å². The minimum absolute atomic E-state index is 0. The highest BCUT2D eigenvalue weighted by Crippen LogP contribution is 2.42. The lowest BCUT2D eigenvalue weighted by Gasteiger charge is -2.33. The number of hydrogen-bond donors (Lipinski definition) is 1. The summed E-state index contributed by atoms with van der Waals surface area (Å²) in [6, 6.07) is 15.1. The van der Waals surface area contributed by atoms with Gasteiger partial charge in [-0.2, -0.15) is 0 Å². The number of likely N-dealkylation sites (N-methyl/N-ethyl adjacent to an activating group) is 1. The number of aryl methyl sites for hydroxylation is 1. The number of carbonyl (C=O) groups excluding carboxylic acids is 1. The van der Waals surface area contributed by atoms with Crippen LogP contribution in [0.3, 0.4) is 0 Å². The highest BCUT2D eigenvalue weighted by molar-refractivity contribution is 7.85. The molecule has 1 saturated carbocycles. The molecule has 2 aliphatic rings. The van der Waals surface area contributed by atoms with Gasteiger partial charge in [-0.05, 0) is 37.5 Å². The monoisotopic (exact) mass is 507 g/mol. The first-order valence-corrected chi connectivity index (χ1v) is 13.2. The van der Waals surface area contributed by atoms with Gasteiger partial charge in [0.05, 0.1) is 25.5 Å². The Balaban J connectivity index is 0.000000305. The first-order valence-electron chi connectivity index (χ1n) is 11.8. The van der Waals surface area contributed by atoms with Crippen molar-refractivity contribution in [3.8, 4) is 0 Å². The maximum atomic E-state index is 12.9. The summed E-state index contributed by atoms with van der Waals surface area (Å²) >= 11 is 0. The molecule has 0 bridgehead atoms. The van der Waals surface area contributed by atoms with Crippen molar-refractivity contribution in [2.75, 3.05) is 27.2 Å². The molecule has 0 radical (unpaired) electrons. The molecule has 194 valence electrons. The van der Waals surface area contributed by atoms with E-state index in [9.17, 15) is 22.9 Å². The summed E-state index contributed by atoms with van der Waals surface area (Å²) in [7, 11) is 0.0245. The Morgan fingerprint density at radius 3 is 2.09 bits per heavy atom. The van der Waals surface area contributed by atoms with Gasteiger partial charge in [0.15, 0.2) is 11.7 Å². The highest BCUT2D eigenvalue weighted by Gasteiger charge is 2.49. The number of esters is 1. The minimum atomic E-state index is -4.27. The third-order valence-electron chi connectivity index (χ3n) is 6.81. The van der Waals surface area contributed by atoms with Crippen LogP contribution in [0.4, 0.5) is 0 Å². The van der Waals surface area contributed by atoms with Crippen LogP contribution < -0.4 is 0 Å². The van der Waals surface area contributed by atoms with E-state index in [0.717, 1.165) is 55.2 Å². The molecule has 1 aliphatic carbocycles. The molecule has 1 heterocycles. The normalized spacial score (nSPS) is 21.2. The van der Waals surface area contributed by atoms with Gasteiger partial charge in [-0.1, -0.05) is 60.9 Å². The molecular weight excluding hydrogens is 470 g/mol. The van der Waals surface area contributed by atoms with Crippen LogP contribution in [0.25, 0.3) is 0 Å². The largest absolute Gasteiger partial charge is 0.744 e. The van der Waals surface area contributed by atoms with E-state index in [1.54, 1.807) is 12.1 Å². The average Bonchev–Trinajstić information content (AvgIpc) is 3.44. The second-order valence-corrected chi connectivity index (χ2v) is 11.4. The molecule has 0 spiro atoms. The van der Waals surface area contributed by atoms with Gasteiger partial charge >= 0.3 is 5.97 Å². The molecule has 0 aromatic heterocycles. The molecule has 3 N–H and O–H groups in total. The molecule has 8 nitrogen and oxygen atoms in total. The highest BCUT2D eigenvalue weighted by atomic mass is 32.2. The van der Waals surface area contributed by atoms with Crippen molar-refractivity contribution in [3.05, 3.63) is 65.7 Å². The first-order chi connectivity index (χ1) is 15.9. The number of carbonyl (C=O) groups is 1. The number of nitrogens with zero attached hydrogens (tertiary/aromatic N) is 1. The summed E-state index contributed by atoms with van der Waals surface area (Å²) in [6.45, 7) is 3.65. The Hall–Kier alpha value is -2.30. The Morgan fingerprint density at radius 2 is 1.60 bits per heavy atom. The number of rotatable bonds is 5. The van der Waals surface area contributed by atoms with Crippen LogP contribution in [0, 0.1) is 12.8 Å². The lowest BCUT2D eigenvalue weighted by atomic mass is 9.80.